The summed E-state index contributed by atoms with van der Waals surface area (Å²) in [5.74, 6) is 5.15. The van der Waals surface area contributed by atoms with Gasteiger partial charge in [0.05, 0.1) is 74.5 Å². The Morgan fingerprint density at radius 2 is 1.00 bits per heavy atom. The van der Waals surface area contributed by atoms with Gasteiger partial charge in [0.2, 0.25) is 11.9 Å². The Hall–Kier alpha value is -8.92. The van der Waals surface area contributed by atoms with Gasteiger partial charge < -0.3 is 29.9 Å². The summed E-state index contributed by atoms with van der Waals surface area (Å²) in [6.07, 6.45) is 15.1. The molecule has 0 unspecified atom stereocenters. The number of pyridine rings is 4. The lowest BCUT2D eigenvalue weighted by molar-refractivity contribution is 0.111. The van der Waals surface area contributed by atoms with Crippen LogP contribution in [0, 0.1) is 11.6 Å². The first-order valence-corrected chi connectivity index (χ1v) is 22.3. The smallest absolute Gasteiger partial charge is 0.245 e. The van der Waals surface area contributed by atoms with Crippen LogP contribution < -0.4 is 37.1 Å². The van der Waals surface area contributed by atoms with E-state index in [0.717, 1.165) is 63.7 Å². The van der Waals surface area contributed by atoms with Gasteiger partial charge in [0.15, 0.2) is 29.6 Å². The fraction of sp³-hybridized carbons (Fsp3) is 0.160. The van der Waals surface area contributed by atoms with E-state index in [1.54, 1.807) is 42.0 Å². The van der Waals surface area contributed by atoms with Crippen LogP contribution in [0.5, 0.6) is 0 Å². The minimum absolute atomic E-state index is 0.206. The first-order chi connectivity index (χ1) is 34.9. The standard InChI is InChI=1S/C25H23FN8O.C17H13N3O.C8H12FN5O/c26-23-17-29-25(32-24(23)34-10-12-35-13-11-34)33-30-16-21-7-8-22(15-28-21)31-20-5-3-18(4-6-20)19-2-1-9-27-14-19;21-12-17-8-7-16(11-19-17)20-15-5-3-13(4-6-15)14-2-1-9-18-10-14;9-6-5-11-8(13-10)12-7(6)14-1-3-15-4-2-14/h1-9,14-17,31H,10-13H2,(H,29,32,33);1-12,20H;5H,1-4,10H2,(H,11,12,13)/b30-16+;;. The number of ether oxygens (including phenoxy) is 2. The number of halogens is 2. The summed E-state index contributed by atoms with van der Waals surface area (Å²) in [5.41, 5.74) is 14.1. The van der Waals surface area contributed by atoms with Crippen molar-refractivity contribution in [2.75, 3.05) is 83.9 Å². The third-order valence-electron chi connectivity index (χ3n) is 10.6. The van der Waals surface area contributed by atoms with Crippen molar-refractivity contribution in [2.24, 2.45) is 10.9 Å². The third kappa shape index (κ3) is 14.1. The highest BCUT2D eigenvalue weighted by atomic mass is 19.1. The van der Waals surface area contributed by atoms with Crippen LogP contribution in [0.4, 0.5) is 55.1 Å². The molecule has 71 heavy (non-hydrogen) atoms. The molecular weight excluding hydrogens is 911 g/mol. The second-order valence-electron chi connectivity index (χ2n) is 15.4. The highest BCUT2D eigenvalue weighted by Crippen LogP contribution is 2.25. The lowest BCUT2D eigenvalue weighted by Gasteiger charge is -2.27. The molecule has 360 valence electrons. The maximum Gasteiger partial charge on any atom is 0.245 e. The van der Waals surface area contributed by atoms with Crippen molar-refractivity contribution in [3.8, 4) is 22.3 Å². The number of hydrazine groups is 1. The largest absolute Gasteiger partial charge is 0.378 e. The molecule has 19 nitrogen and oxygen atoms in total. The Bertz CT molecular complexity index is 2930. The van der Waals surface area contributed by atoms with Crippen molar-refractivity contribution in [2.45, 2.75) is 0 Å². The molecule has 0 atom stereocenters. The molecule has 0 aliphatic carbocycles. The molecule has 2 aliphatic rings. The van der Waals surface area contributed by atoms with E-state index in [2.05, 4.69) is 66.5 Å². The summed E-state index contributed by atoms with van der Waals surface area (Å²) in [6, 6.07) is 31.3. The molecule has 2 saturated heterocycles. The van der Waals surface area contributed by atoms with Crippen molar-refractivity contribution in [1.29, 1.82) is 0 Å². The van der Waals surface area contributed by atoms with Crippen molar-refractivity contribution >= 4 is 58.8 Å². The van der Waals surface area contributed by atoms with Crippen LogP contribution in [0.2, 0.25) is 0 Å². The van der Waals surface area contributed by atoms with Gasteiger partial charge in [0.25, 0.3) is 0 Å². The van der Waals surface area contributed by atoms with E-state index in [4.69, 9.17) is 15.3 Å². The Labute approximate surface area is 407 Å². The van der Waals surface area contributed by atoms with E-state index >= 15 is 0 Å². The Kier molecular flexibility index (Phi) is 17.0. The highest BCUT2D eigenvalue weighted by Gasteiger charge is 2.19. The molecule has 8 heterocycles. The molecule has 6 N–H and O–H groups in total. The maximum atomic E-state index is 14.1. The summed E-state index contributed by atoms with van der Waals surface area (Å²) < 4.78 is 38.0. The number of morpholine rings is 2. The zero-order valence-corrected chi connectivity index (χ0v) is 38.1. The zero-order valence-electron chi connectivity index (χ0n) is 38.1. The van der Waals surface area contributed by atoms with E-state index in [1.165, 1.54) is 0 Å². The Morgan fingerprint density at radius 1 is 0.535 bits per heavy atom. The molecule has 2 fully saturated rings. The number of aldehydes is 1. The number of nitrogens with zero attached hydrogens (tertiary/aromatic N) is 11. The quantitative estimate of drug-likeness (QED) is 0.0325. The van der Waals surface area contributed by atoms with Gasteiger partial charge in [-0.2, -0.15) is 15.1 Å². The maximum absolute atomic E-state index is 14.1. The summed E-state index contributed by atoms with van der Waals surface area (Å²) in [7, 11) is 0. The number of carbonyl (C=O) groups is 1. The monoisotopic (exact) mass is 958 g/mol. The molecule has 2 aromatic carbocycles. The van der Waals surface area contributed by atoms with E-state index in [0.29, 0.717) is 64.0 Å². The first kappa shape index (κ1) is 48.5. The minimum Gasteiger partial charge on any atom is -0.378 e. The van der Waals surface area contributed by atoms with Gasteiger partial charge >= 0.3 is 0 Å². The van der Waals surface area contributed by atoms with Crippen LogP contribution in [0.15, 0.2) is 152 Å². The van der Waals surface area contributed by atoms with E-state index in [9.17, 15) is 13.6 Å². The number of rotatable bonds is 13. The van der Waals surface area contributed by atoms with Crippen LogP contribution in [0.1, 0.15) is 16.2 Å². The van der Waals surface area contributed by atoms with Crippen molar-refractivity contribution in [3.05, 3.63) is 170 Å². The van der Waals surface area contributed by atoms with Gasteiger partial charge in [-0.05, 0) is 82.9 Å². The van der Waals surface area contributed by atoms with Gasteiger partial charge in [0, 0.05) is 62.3 Å². The molecule has 0 bridgehead atoms. The molecule has 2 aliphatic heterocycles. The number of hydrogen-bond acceptors (Lipinski definition) is 19. The van der Waals surface area contributed by atoms with Crippen molar-refractivity contribution < 1.29 is 23.0 Å². The Morgan fingerprint density at radius 3 is 1.44 bits per heavy atom. The van der Waals surface area contributed by atoms with E-state index < -0.39 is 11.6 Å². The fourth-order valence-electron chi connectivity index (χ4n) is 6.99. The predicted molar refractivity (Wildman–Crippen MR) is 269 cm³/mol. The summed E-state index contributed by atoms with van der Waals surface area (Å²) in [4.78, 5) is 46.7. The van der Waals surface area contributed by atoms with Crippen LogP contribution >= 0.6 is 0 Å². The SMILES string of the molecule is Fc1cnc(N/N=C/c2ccc(Nc3ccc(-c4cccnc4)cc3)cn2)nc1N1CCOCC1.NNc1ncc(F)c(N2CCOCC2)n1.O=Cc1ccc(Nc2ccc(-c3cccnc3)cc2)cn1. The summed E-state index contributed by atoms with van der Waals surface area (Å²) in [6.45, 7) is 4.64. The number of hydrogen-bond donors (Lipinski definition) is 5. The van der Waals surface area contributed by atoms with Crippen LogP contribution in [-0.4, -0.2) is 105 Å². The van der Waals surface area contributed by atoms with Gasteiger partial charge in [-0.3, -0.25) is 30.2 Å². The molecule has 10 rings (SSSR count). The fourth-order valence-corrected chi connectivity index (χ4v) is 6.99. The minimum atomic E-state index is -0.474. The molecule has 0 saturated carbocycles. The molecule has 0 spiro atoms. The number of nitrogens with one attached hydrogen (secondary N) is 4. The van der Waals surface area contributed by atoms with Gasteiger partial charge in [0.1, 0.15) is 5.69 Å². The number of hydrazone groups is 1. The van der Waals surface area contributed by atoms with Crippen molar-refractivity contribution in [1.82, 2.24) is 39.9 Å². The average molecular weight is 959 g/mol. The summed E-state index contributed by atoms with van der Waals surface area (Å²) in [5, 5.41) is 10.7. The highest BCUT2D eigenvalue weighted by molar-refractivity contribution is 5.78. The third-order valence-corrected chi connectivity index (χ3v) is 10.6. The van der Waals surface area contributed by atoms with Gasteiger partial charge in [-0.25, -0.2) is 30.0 Å². The van der Waals surface area contributed by atoms with Crippen LogP contribution in [-0.2, 0) is 9.47 Å². The number of nitrogens with two attached hydrogens (primary N) is 1. The van der Waals surface area contributed by atoms with Crippen LogP contribution in [0.3, 0.4) is 0 Å². The number of aromatic nitrogens is 8. The number of nitrogen functional groups attached to an aromatic ring is 1. The van der Waals surface area contributed by atoms with E-state index in [1.807, 2.05) is 108 Å². The first-order valence-electron chi connectivity index (χ1n) is 22.3. The number of benzene rings is 2. The zero-order chi connectivity index (χ0) is 49.0. The van der Waals surface area contributed by atoms with Gasteiger partial charge in [-0.1, -0.05) is 36.4 Å². The lowest BCUT2D eigenvalue weighted by atomic mass is 10.1. The lowest BCUT2D eigenvalue weighted by Crippen LogP contribution is -2.37. The average Bonchev–Trinajstić information content (AvgIpc) is 3.44. The van der Waals surface area contributed by atoms with Crippen LogP contribution in [0.25, 0.3) is 22.3 Å². The number of carbonyl (C=O) groups excluding carboxylic acids is 1. The second kappa shape index (κ2) is 24.9. The normalized spacial score (nSPS) is 13.2. The molecule has 21 heteroatoms. The molecule has 8 aromatic rings. The summed E-state index contributed by atoms with van der Waals surface area (Å²) >= 11 is 0. The molecular formula is C50H48F2N16O3. The topological polar surface area (TPSA) is 232 Å². The molecule has 0 radical (unpaired) electrons. The predicted octanol–water partition coefficient (Wildman–Crippen LogP) is 7.54. The van der Waals surface area contributed by atoms with Crippen molar-refractivity contribution in [3.63, 3.8) is 0 Å². The second-order valence-corrected chi connectivity index (χ2v) is 15.4. The Balaban J connectivity index is 0.000000159. The van der Waals surface area contributed by atoms with Gasteiger partial charge in [-0.15, -0.1) is 0 Å². The number of anilines is 8. The van der Waals surface area contributed by atoms with E-state index in [-0.39, 0.29) is 23.5 Å². The molecule has 6 aromatic heterocycles. The molecule has 0 amide bonds.